The quantitative estimate of drug-likeness (QED) is 0.407. The number of carbonyl (C=O) groups is 3. The second-order valence-electron chi connectivity index (χ2n) is 8.11. The number of cyclic esters (lactones) is 1. The maximum atomic E-state index is 13.4. The molecule has 0 radical (unpaired) electrons. The molecule has 37 heavy (non-hydrogen) atoms. The Hall–Kier alpha value is -4.39. The highest BCUT2D eigenvalue weighted by atomic mass is 19.4. The van der Waals surface area contributed by atoms with Crippen LogP contribution in [0, 0.1) is 0 Å². The van der Waals surface area contributed by atoms with Crippen molar-refractivity contribution in [2.45, 2.75) is 12.3 Å². The van der Waals surface area contributed by atoms with Crippen molar-refractivity contribution in [3.05, 3.63) is 64.4 Å². The molecule has 4 N–H and O–H groups in total. The van der Waals surface area contributed by atoms with Gasteiger partial charge in [-0.25, -0.2) is 4.79 Å². The molecule has 0 aliphatic carbocycles. The topological polar surface area (TPSA) is 144 Å². The second kappa shape index (κ2) is 10.3. The van der Waals surface area contributed by atoms with E-state index in [9.17, 15) is 32.3 Å². The summed E-state index contributed by atoms with van der Waals surface area (Å²) in [4.78, 5) is 51.7. The maximum absolute atomic E-state index is 13.4. The number of benzene rings is 2. The molecule has 1 aromatic heterocycles. The number of pyridine rings is 1. The van der Waals surface area contributed by atoms with Gasteiger partial charge in [-0.2, -0.15) is 13.2 Å². The van der Waals surface area contributed by atoms with Gasteiger partial charge in [0.05, 0.1) is 18.7 Å². The van der Waals surface area contributed by atoms with E-state index in [1.165, 1.54) is 47.4 Å². The van der Waals surface area contributed by atoms with E-state index >= 15 is 0 Å². The van der Waals surface area contributed by atoms with Crippen molar-refractivity contribution in [1.29, 1.82) is 0 Å². The fraction of sp³-hybridized carbons (Fsp3) is 0.250. The number of esters is 1. The number of nitrogens with two attached hydrogens (primary N) is 1. The third-order valence-corrected chi connectivity index (χ3v) is 5.58. The van der Waals surface area contributed by atoms with E-state index in [-0.39, 0.29) is 42.9 Å². The monoisotopic (exact) mass is 518 g/mol. The highest BCUT2D eigenvalue weighted by Crippen LogP contribution is 2.36. The maximum Gasteiger partial charge on any atom is 0.417 e. The van der Waals surface area contributed by atoms with Gasteiger partial charge >= 0.3 is 18.2 Å². The number of aromatic amines is 1. The van der Waals surface area contributed by atoms with E-state index in [0.29, 0.717) is 11.1 Å². The molecular formula is C24H21F3N4O6. The zero-order valence-corrected chi connectivity index (χ0v) is 19.1. The van der Waals surface area contributed by atoms with Gasteiger partial charge in [-0.15, -0.1) is 0 Å². The number of hydrogen-bond acceptors (Lipinski definition) is 7. The fourth-order valence-electron chi connectivity index (χ4n) is 3.83. The van der Waals surface area contributed by atoms with Crippen molar-refractivity contribution in [3.63, 3.8) is 0 Å². The van der Waals surface area contributed by atoms with E-state index < -0.39 is 41.4 Å². The number of H-pyrrole nitrogens is 1. The van der Waals surface area contributed by atoms with Crippen LogP contribution in [-0.4, -0.2) is 55.3 Å². The van der Waals surface area contributed by atoms with Crippen LogP contribution in [0.2, 0.25) is 0 Å². The molecule has 1 aliphatic rings. The lowest BCUT2D eigenvalue weighted by atomic mass is 10.0. The Balaban J connectivity index is 1.51. The van der Waals surface area contributed by atoms with E-state index in [0.717, 1.165) is 6.07 Å². The second-order valence-corrected chi connectivity index (χ2v) is 8.11. The average Bonchev–Trinajstić information content (AvgIpc) is 3.25. The van der Waals surface area contributed by atoms with Crippen LogP contribution in [0.15, 0.2) is 53.3 Å². The summed E-state index contributed by atoms with van der Waals surface area (Å²) in [5.41, 5.74) is 3.77. The minimum atomic E-state index is -4.61. The zero-order valence-electron chi connectivity index (χ0n) is 19.1. The van der Waals surface area contributed by atoms with Crippen molar-refractivity contribution < 1.29 is 37.0 Å². The molecule has 13 heteroatoms. The van der Waals surface area contributed by atoms with E-state index in [1.54, 1.807) is 0 Å². The first-order valence-electron chi connectivity index (χ1n) is 11.0. The number of rotatable bonds is 7. The van der Waals surface area contributed by atoms with E-state index in [2.05, 4.69) is 10.3 Å². The molecule has 0 saturated carbocycles. The normalized spacial score (nSPS) is 15.5. The zero-order chi connectivity index (χ0) is 26.7. The number of fused-ring (bicyclic) bond motifs is 1. The Kier molecular flexibility index (Phi) is 7.16. The molecule has 4 rings (SSSR count). The van der Waals surface area contributed by atoms with Crippen molar-refractivity contribution in [2.75, 3.05) is 31.1 Å². The third-order valence-electron chi connectivity index (χ3n) is 5.58. The highest BCUT2D eigenvalue weighted by Gasteiger charge is 2.35. The number of hydrogen-bond donors (Lipinski definition) is 3. The lowest BCUT2D eigenvalue weighted by Gasteiger charge is -2.15. The predicted octanol–water partition coefficient (Wildman–Crippen LogP) is 2.16. The molecule has 2 heterocycles. The molecule has 2 amide bonds. The number of ether oxygens (including phenoxy) is 2. The highest BCUT2D eigenvalue weighted by molar-refractivity contribution is 5.95. The van der Waals surface area contributed by atoms with Crippen molar-refractivity contribution in [1.82, 2.24) is 10.3 Å². The summed E-state index contributed by atoms with van der Waals surface area (Å²) in [6.07, 6.45) is -6.13. The number of amides is 2. The van der Waals surface area contributed by atoms with Crippen LogP contribution in [0.5, 0.6) is 0 Å². The minimum Gasteiger partial charge on any atom is -0.460 e. The van der Waals surface area contributed by atoms with E-state index in [4.69, 9.17) is 15.2 Å². The number of alkyl halides is 3. The number of carbonyl (C=O) groups excluding carboxylic acids is 3. The van der Waals surface area contributed by atoms with Gasteiger partial charge in [-0.3, -0.25) is 19.3 Å². The lowest BCUT2D eigenvalue weighted by molar-refractivity contribution is -0.146. The Labute approximate surface area is 207 Å². The van der Waals surface area contributed by atoms with Gasteiger partial charge < -0.3 is 25.5 Å². The standard InChI is InChI=1S/C24H21F3N4O6/c25-24(26,27)18-4-2-1-3-16(18)19-7-13-5-6-14(8-17(13)22(34)30-19)31-11-15(37-23(31)35)12-36-21(33)10-29-20(32)9-28/h1-8,15H,9-12,28H2,(H,29,32)(H,30,34). The summed E-state index contributed by atoms with van der Waals surface area (Å²) in [6.45, 7) is -0.903. The first-order valence-corrected chi connectivity index (χ1v) is 11.0. The number of halogens is 3. The molecular weight excluding hydrogens is 497 g/mol. The smallest absolute Gasteiger partial charge is 0.417 e. The Morgan fingerprint density at radius 1 is 1.16 bits per heavy atom. The Morgan fingerprint density at radius 3 is 2.65 bits per heavy atom. The number of nitrogens with zero attached hydrogens (tertiary/aromatic N) is 1. The third kappa shape index (κ3) is 5.72. The summed E-state index contributed by atoms with van der Waals surface area (Å²) < 4.78 is 50.5. The molecule has 10 nitrogen and oxygen atoms in total. The van der Waals surface area contributed by atoms with Crippen molar-refractivity contribution in [3.8, 4) is 11.3 Å². The van der Waals surface area contributed by atoms with Crippen LogP contribution in [0.25, 0.3) is 22.0 Å². The molecule has 2 aromatic carbocycles. The van der Waals surface area contributed by atoms with Gasteiger partial charge in [0.2, 0.25) is 5.91 Å². The van der Waals surface area contributed by atoms with Gasteiger partial charge in [0.25, 0.3) is 5.56 Å². The van der Waals surface area contributed by atoms with Crippen LogP contribution < -0.4 is 21.5 Å². The van der Waals surface area contributed by atoms with E-state index in [1.807, 2.05) is 0 Å². The van der Waals surface area contributed by atoms with Crippen LogP contribution in [0.1, 0.15) is 5.56 Å². The largest absolute Gasteiger partial charge is 0.460 e. The Morgan fingerprint density at radius 2 is 1.92 bits per heavy atom. The summed E-state index contributed by atoms with van der Waals surface area (Å²) in [7, 11) is 0. The van der Waals surface area contributed by atoms with Crippen LogP contribution in [0.4, 0.5) is 23.7 Å². The number of aromatic nitrogens is 1. The number of anilines is 1. The van der Waals surface area contributed by atoms with Gasteiger partial charge in [0.1, 0.15) is 13.2 Å². The molecule has 1 unspecified atom stereocenters. The Bertz CT molecular complexity index is 1420. The molecule has 3 aromatic rings. The summed E-state index contributed by atoms with van der Waals surface area (Å²) >= 11 is 0. The van der Waals surface area contributed by atoms with Gasteiger partial charge in [0.15, 0.2) is 6.10 Å². The summed E-state index contributed by atoms with van der Waals surface area (Å²) in [5.74, 6) is -1.27. The SMILES string of the molecule is NCC(=O)NCC(=O)OCC1CN(c2ccc3cc(-c4ccccc4C(F)(F)F)[nH]c(=O)c3c2)C(=O)O1. The van der Waals surface area contributed by atoms with Crippen LogP contribution in [0.3, 0.4) is 0 Å². The summed E-state index contributed by atoms with van der Waals surface area (Å²) in [6, 6.07) is 10.8. The average molecular weight is 518 g/mol. The van der Waals surface area contributed by atoms with Crippen molar-refractivity contribution >= 4 is 34.4 Å². The van der Waals surface area contributed by atoms with Crippen LogP contribution >= 0.6 is 0 Å². The lowest BCUT2D eigenvalue weighted by Crippen LogP contribution is -2.36. The summed E-state index contributed by atoms with van der Waals surface area (Å²) in [5, 5.41) is 2.78. The van der Waals surface area contributed by atoms with Gasteiger partial charge in [-0.1, -0.05) is 24.3 Å². The van der Waals surface area contributed by atoms with Crippen molar-refractivity contribution in [2.24, 2.45) is 5.73 Å². The molecule has 194 valence electrons. The first-order chi connectivity index (χ1) is 17.6. The molecule has 0 bridgehead atoms. The molecule has 1 aliphatic heterocycles. The van der Waals surface area contributed by atoms with Crippen LogP contribution in [-0.2, 0) is 25.2 Å². The molecule has 0 spiro atoms. The minimum absolute atomic E-state index is 0.00305. The predicted molar refractivity (Wildman–Crippen MR) is 126 cm³/mol. The first kappa shape index (κ1) is 25.7. The number of nitrogens with one attached hydrogen (secondary N) is 2. The molecule has 1 saturated heterocycles. The molecule has 1 fully saturated rings. The van der Waals surface area contributed by atoms with Gasteiger partial charge in [-0.05, 0) is 29.7 Å². The molecule has 1 atom stereocenters. The van der Waals surface area contributed by atoms with Gasteiger partial charge in [0, 0.05) is 22.3 Å². The fourth-order valence-corrected chi connectivity index (χ4v) is 3.83.